The zero-order valence-corrected chi connectivity index (χ0v) is 12.3. The Morgan fingerprint density at radius 3 is 2.55 bits per heavy atom. The summed E-state index contributed by atoms with van der Waals surface area (Å²) >= 11 is 0. The summed E-state index contributed by atoms with van der Waals surface area (Å²) in [4.78, 5) is 36.3. The van der Waals surface area contributed by atoms with E-state index in [9.17, 15) is 14.4 Å². The highest BCUT2D eigenvalue weighted by Gasteiger charge is 2.44. The first kappa shape index (κ1) is 15.8. The van der Waals surface area contributed by atoms with Gasteiger partial charge in [0.05, 0.1) is 13.0 Å². The highest BCUT2D eigenvalue weighted by atomic mass is 16.4. The normalized spacial score (nSPS) is 18.3. The second-order valence-electron chi connectivity index (χ2n) is 5.36. The van der Waals surface area contributed by atoms with E-state index in [1.807, 2.05) is 30.3 Å². The van der Waals surface area contributed by atoms with Crippen LogP contribution in [0.25, 0.3) is 0 Å². The first-order chi connectivity index (χ1) is 10.4. The molecule has 1 aromatic carbocycles. The summed E-state index contributed by atoms with van der Waals surface area (Å²) in [6.07, 6.45) is 0.188. The van der Waals surface area contributed by atoms with Crippen molar-refractivity contribution in [1.82, 2.24) is 10.2 Å². The molecule has 22 heavy (non-hydrogen) atoms. The van der Waals surface area contributed by atoms with Crippen LogP contribution in [-0.2, 0) is 20.8 Å². The van der Waals surface area contributed by atoms with Gasteiger partial charge >= 0.3 is 5.97 Å². The monoisotopic (exact) mass is 302 g/mol. The van der Waals surface area contributed by atoms with E-state index in [1.54, 1.807) is 6.92 Å². The second kappa shape index (κ2) is 6.43. The maximum atomic E-state index is 12.0. The molecule has 2 rings (SSSR count). The van der Waals surface area contributed by atoms with Crippen molar-refractivity contribution in [3.8, 4) is 0 Å². The number of benzene rings is 1. The third-order valence-corrected chi connectivity index (χ3v) is 3.52. The molecule has 1 aliphatic heterocycles. The molecule has 1 aliphatic rings. The molecule has 2 N–H and O–H groups in total. The molecule has 1 aromatic rings. The minimum absolute atomic E-state index is 0.184. The van der Waals surface area contributed by atoms with E-state index < -0.39 is 24.0 Å². The van der Waals surface area contributed by atoms with Crippen LogP contribution in [-0.4, -0.2) is 46.4 Å². The third-order valence-electron chi connectivity index (χ3n) is 3.52. The number of nitrogens with zero attached hydrogens (tertiary/aromatic N) is 1. The molecule has 6 nitrogen and oxygen atoms in total. The van der Waals surface area contributed by atoms with E-state index >= 15 is 0 Å². The number of rotatable bonds is 6. The van der Waals surface area contributed by atoms with Crippen LogP contribution in [0.1, 0.15) is 12.5 Å². The van der Waals surface area contributed by atoms with Crippen LogP contribution in [0.15, 0.2) is 42.5 Å². The number of likely N-dealkylation sites (tertiary alicyclic amines) is 1. The van der Waals surface area contributed by atoms with Crippen molar-refractivity contribution in [2.45, 2.75) is 25.4 Å². The lowest BCUT2D eigenvalue weighted by Gasteiger charge is -2.42. The molecular formula is C16H18N2O4. The molecule has 0 bridgehead atoms. The van der Waals surface area contributed by atoms with Gasteiger partial charge in [-0.05, 0) is 18.1 Å². The number of β-lactam (4-membered cyclic amide) rings is 1. The minimum Gasteiger partial charge on any atom is -0.479 e. The Labute approximate surface area is 128 Å². The van der Waals surface area contributed by atoms with Gasteiger partial charge in [-0.25, -0.2) is 4.79 Å². The zero-order valence-electron chi connectivity index (χ0n) is 12.3. The van der Waals surface area contributed by atoms with Crippen LogP contribution in [0.3, 0.4) is 0 Å². The highest BCUT2D eigenvalue weighted by Crippen LogP contribution is 2.19. The number of hydrogen-bond acceptors (Lipinski definition) is 3. The quantitative estimate of drug-likeness (QED) is 0.594. The fourth-order valence-electron chi connectivity index (χ4n) is 2.43. The number of amides is 2. The van der Waals surface area contributed by atoms with E-state index in [4.69, 9.17) is 5.11 Å². The Morgan fingerprint density at radius 2 is 2.05 bits per heavy atom. The van der Waals surface area contributed by atoms with E-state index in [0.29, 0.717) is 5.57 Å². The van der Waals surface area contributed by atoms with Crippen LogP contribution in [0.5, 0.6) is 0 Å². The van der Waals surface area contributed by atoms with Crippen molar-refractivity contribution >= 4 is 17.8 Å². The molecule has 0 spiro atoms. The molecule has 0 aliphatic carbocycles. The van der Waals surface area contributed by atoms with Crippen LogP contribution in [0.2, 0.25) is 0 Å². The average molecular weight is 302 g/mol. The van der Waals surface area contributed by atoms with Crippen molar-refractivity contribution in [1.29, 1.82) is 0 Å². The Kier molecular flexibility index (Phi) is 4.60. The predicted octanol–water partition coefficient (Wildman–Crippen LogP) is 0.585. The lowest BCUT2D eigenvalue weighted by atomic mass is 9.99. The van der Waals surface area contributed by atoms with Crippen LogP contribution < -0.4 is 5.32 Å². The molecule has 0 aromatic heterocycles. The smallest absolute Gasteiger partial charge is 0.330 e. The SMILES string of the molecule is C=C(C)C(C(=O)O)N1C[C@H](NC(=O)Cc2ccccc2)C1=O. The first-order valence-electron chi connectivity index (χ1n) is 6.92. The molecule has 2 amide bonds. The lowest BCUT2D eigenvalue weighted by Crippen LogP contribution is -2.68. The number of nitrogens with one attached hydrogen (secondary N) is 1. The molecule has 1 heterocycles. The Bertz CT molecular complexity index is 598. The Morgan fingerprint density at radius 1 is 1.41 bits per heavy atom. The Balaban J connectivity index is 1.89. The van der Waals surface area contributed by atoms with Crippen molar-refractivity contribution in [2.24, 2.45) is 0 Å². The van der Waals surface area contributed by atoms with Gasteiger partial charge in [0.1, 0.15) is 6.04 Å². The molecule has 1 fully saturated rings. The molecule has 6 heteroatoms. The molecule has 2 atom stereocenters. The number of carbonyl (C=O) groups is 3. The predicted molar refractivity (Wildman–Crippen MR) is 80.0 cm³/mol. The standard InChI is InChI=1S/C16H18N2O4/c1-10(2)14(16(21)22)18-9-12(15(18)20)17-13(19)8-11-6-4-3-5-7-11/h3-7,12,14H,1,8-9H2,2H3,(H,17,19)(H,21,22)/t12-,14?/m0/s1. The van der Waals surface area contributed by atoms with E-state index in [2.05, 4.69) is 11.9 Å². The van der Waals surface area contributed by atoms with Crippen molar-refractivity contribution in [2.75, 3.05) is 6.54 Å². The average Bonchev–Trinajstić information content (AvgIpc) is 2.46. The van der Waals surface area contributed by atoms with Gasteiger partial charge in [0.15, 0.2) is 6.04 Å². The van der Waals surface area contributed by atoms with Gasteiger partial charge in [-0.1, -0.05) is 36.9 Å². The van der Waals surface area contributed by atoms with Crippen molar-refractivity contribution in [3.63, 3.8) is 0 Å². The fraction of sp³-hybridized carbons (Fsp3) is 0.312. The number of carboxylic acid groups (broad SMARTS) is 1. The van der Waals surface area contributed by atoms with Crippen LogP contribution in [0.4, 0.5) is 0 Å². The van der Waals surface area contributed by atoms with E-state index in [-0.39, 0.29) is 18.9 Å². The van der Waals surface area contributed by atoms with E-state index in [0.717, 1.165) is 5.56 Å². The van der Waals surface area contributed by atoms with Gasteiger partial charge < -0.3 is 15.3 Å². The van der Waals surface area contributed by atoms with Gasteiger partial charge in [-0.2, -0.15) is 0 Å². The summed E-state index contributed by atoms with van der Waals surface area (Å²) in [6, 6.07) is 7.50. The fourth-order valence-corrected chi connectivity index (χ4v) is 2.43. The van der Waals surface area contributed by atoms with Crippen LogP contribution >= 0.6 is 0 Å². The van der Waals surface area contributed by atoms with Gasteiger partial charge in [0, 0.05) is 0 Å². The highest BCUT2D eigenvalue weighted by molar-refractivity contribution is 5.96. The zero-order chi connectivity index (χ0) is 16.3. The number of carboxylic acids is 1. The molecule has 0 radical (unpaired) electrons. The third kappa shape index (κ3) is 3.33. The molecule has 1 saturated heterocycles. The first-order valence-corrected chi connectivity index (χ1v) is 6.92. The maximum Gasteiger partial charge on any atom is 0.330 e. The maximum absolute atomic E-state index is 12.0. The van der Waals surface area contributed by atoms with Crippen molar-refractivity contribution in [3.05, 3.63) is 48.0 Å². The summed E-state index contributed by atoms with van der Waals surface area (Å²) in [7, 11) is 0. The summed E-state index contributed by atoms with van der Waals surface area (Å²) in [5, 5.41) is 11.7. The Hall–Kier alpha value is -2.63. The van der Waals surface area contributed by atoms with E-state index in [1.165, 1.54) is 4.90 Å². The molecule has 0 saturated carbocycles. The summed E-state index contributed by atoms with van der Waals surface area (Å²) < 4.78 is 0. The lowest BCUT2D eigenvalue weighted by molar-refractivity contribution is -0.157. The molecule has 116 valence electrons. The number of carbonyl (C=O) groups excluding carboxylic acids is 2. The number of aliphatic carboxylic acids is 1. The second-order valence-corrected chi connectivity index (χ2v) is 5.36. The number of hydrogen-bond donors (Lipinski definition) is 2. The van der Waals surface area contributed by atoms with Gasteiger partial charge in [0.2, 0.25) is 11.8 Å². The summed E-state index contributed by atoms with van der Waals surface area (Å²) in [6.45, 7) is 5.34. The largest absolute Gasteiger partial charge is 0.479 e. The van der Waals surface area contributed by atoms with Gasteiger partial charge in [-0.3, -0.25) is 9.59 Å². The minimum atomic E-state index is -1.12. The molecule has 1 unspecified atom stereocenters. The topological polar surface area (TPSA) is 86.7 Å². The summed E-state index contributed by atoms with van der Waals surface area (Å²) in [5.74, 6) is -1.77. The van der Waals surface area contributed by atoms with Gasteiger partial charge in [-0.15, -0.1) is 0 Å². The van der Waals surface area contributed by atoms with Crippen LogP contribution in [0, 0.1) is 0 Å². The van der Waals surface area contributed by atoms with Crippen molar-refractivity contribution < 1.29 is 19.5 Å². The van der Waals surface area contributed by atoms with Gasteiger partial charge in [0.25, 0.3) is 0 Å². The molecular weight excluding hydrogens is 284 g/mol. The summed E-state index contributed by atoms with van der Waals surface area (Å²) in [5.41, 5.74) is 1.24.